The average Bonchev–Trinajstić information content (AvgIpc) is 3.33. The summed E-state index contributed by atoms with van der Waals surface area (Å²) < 4.78 is 22.1. The highest BCUT2D eigenvalue weighted by Crippen LogP contribution is 2.34. The van der Waals surface area contributed by atoms with Gasteiger partial charge in [-0.15, -0.1) is 0 Å². The monoisotopic (exact) mass is 475 g/mol. The lowest BCUT2D eigenvalue weighted by Gasteiger charge is -2.28. The van der Waals surface area contributed by atoms with E-state index in [1.807, 2.05) is 68.3 Å². The summed E-state index contributed by atoms with van der Waals surface area (Å²) in [6.07, 6.45) is 4.02. The van der Waals surface area contributed by atoms with Gasteiger partial charge < -0.3 is 24.3 Å². The van der Waals surface area contributed by atoms with Crippen LogP contribution in [0.5, 0.6) is 11.5 Å². The fraction of sp³-hybridized carbons (Fsp3) is 0.321. The van der Waals surface area contributed by atoms with Gasteiger partial charge in [-0.1, -0.05) is 42.5 Å². The van der Waals surface area contributed by atoms with Crippen LogP contribution in [0.15, 0.2) is 77.8 Å². The number of fused-ring (bicyclic) bond motifs is 1. The van der Waals surface area contributed by atoms with Crippen molar-refractivity contribution in [2.24, 2.45) is 5.92 Å². The maximum atomic E-state index is 13.1. The molecule has 2 aromatic rings. The van der Waals surface area contributed by atoms with E-state index in [0.717, 1.165) is 22.6 Å². The number of ketones is 1. The van der Waals surface area contributed by atoms with Crippen molar-refractivity contribution in [2.75, 3.05) is 20.4 Å². The van der Waals surface area contributed by atoms with E-state index in [2.05, 4.69) is 5.32 Å². The van der Waals surface area contributed by atoms with Crippen LogP contribution >= 0.6 is 0 Å². The maximum absolute atomic E-state index is 13.1. The zero-order valence-electron chi connectivity index (χ0n) is 20.1. The molecule has 0 radical (unpaired) electrons. The van der Waals surface area contributed by atoms with E-state index in [1.54, 1.807) is 12.2 Å². The molecule has 0 bridgehead atoms. The second-order valence-electron chi connectivity index (χ2n) is 9.09. The minimum Gasteiger partial charge on any atom is -0.492 e. The standard InChI is InChI=1S/C28H29NO6/c1-28(2,14-20-9-11-24-26(13-20)35-18-34-24)29-15-23(31)21-10-12-25(27(32-3)22(21)16-30)33-17-19-7-5-4-6-8-19/h4-13,21,29H,14-15,17-18H2,1-3H3. The fourth-order valence-electron chi connectivity index (χ4n) is 4.13. The van der Waals surface area contributed by atoms with Crippen molar-refractivity contribution in [2.45, 2.75) is 32.4 Å². The Balaban J connectivity index is 1.38. The quantitative estimate of drug-likeness (QED) is 0.522. The molecular formula is C28H29NO6. The first-order chi connectivity index (χ1) is 16.9. The Hall–Kier alpha value is -3.80. The predicted octanol–water partition coefficient (Wildman–Crippen LogP) is 3.91. The largest absolute Gasteiger partial charge is 0.492 e. The Bertz CT molecular complexity index is 1190. The third kappa shape index (κ3) is 5.83. The molecule has 7 nitrogen and oxygen atoms in total. The third-order valence-corrected chi connectivity index (χ3v) is 5.94. The van der Waals surface area contributed by atoms with Gasteiger partial charge in [-0.25, -0.2) is 4.79 Å². The van der Waals surface area contributed by atoms with E-state index >= 15 is 0 Å². The van der Waals surface area contributed by atoms with Gasteiger partial charge in [0.05, 0.1) is 25.1 Å². The van der Waals surface area contributed by atoms with Crippen LogP contribution in [0.25, 0.3) is 0 Å². The fourth-order valence-corrected chi connectivity index (χ4v) is 4.13. The molecule has 182 valence electrons. The molecule has 1 aliphatic heterocycles. The molecule has 1 unspecified atom stereocenters. The number of allylic oxidation sites excluding steroid dienone is 3. The topological polar surface area (TPSA) is 83.1 Å². The highest BCUT2D eigenvalue weighted by molar-refractivity contribution is 5.91. The second kappa shape index (κ2) is 10.6. The summed E-state index contributed by atoms with van der Waals surface area (Å²) in [5.41, 5.74) is 1.80. The Morgan fingerprint density at radius 1 is 1.11 bits per heavy atom. The summed E-state index contributed by atoms with van der Waals surface area (Å²) in [4.78, 5) is 24.9. The second-order valence-corrected chi connectivity index (χ2v) is 9.09. The Morgan fingerprint density at radius 3 is 2.63 bits per heavy atom. The lowest BCUT2D eigenvalue weighted by atomic mass is 9.88. The maximum Gasteiger partial charge on any atom is 0.231 e. The SMILES string of the molecule is COC1=C(OCc2ccccc2)C=CC(C(=O)CNC(C)(C)Cc2ccc3c(c2)OCO3)C1=C=O. The van der Waals surface area contributed by atoms with Gasteiger partial charge in [-0.3, -0.25) is 4.79 Å². The lowest BCUT2D eigenvalue weighted by molar-refractivity contribution is -0.120. The van der Waals surface area contributed by atoms with Crippen LogP contribution in [0, 0.1) is 5.92 Å². The molecule has 0 saturated heterocycles. The first-order valence-corrected chi connectivity index (χ1v) is 11.4. The van der Waals surface area contributed by atoms with Crippen molar-refractivity contribution in [1.82, 2.24) is 5.32 Å². The predicted molar refractivity (Wildman–Crippen MR) is 130 cm³/mol. The van der Waals surface area contributed by atoms with Crippen LogP contribution in [-0.2, 0) is 32.1 Å². The highest BCUT2D eigenvalue weighted by Gasteiger charge is 2.32. The van der Waals surface area contributed by atoms with Gasteiger partial charge in [-0.05, 0) is 49.6 Å². The Morgan fingerprint density at radius 2 is 1.89 bits per heavy atom. The minimum absolute atomic E-state index is 0.0783. The van der Waals surface area contributed by atoms with Crippen molar-refractivity contribution >= 4 is 11.7 Å². The van der Waals surface area contributed by atoms with E-state index in [0.29, 0.717) is 18.8 Å². The average molecular weight is 476 g/mol. The molecule has 1 aliphatic carbocycles. The molecule has 0 amide bonds. The van der Waals surface area contributed by atoms with E-state index in [-0.39, 0.29) is 36.0 Å². The molecule has 2 aliphatic rings. The van der Waals surface area contributed by atoms with Crippen molar-refractivity contribution in [1.29, 1.82) is 0 Å². The van der Waals surface area contributed by atoms with Crippen LogP contribution in [0.4, 0.5) is 0 Å². The summed E-state index contributed by atoms with van der Waals surface area (Å²) in [6, 6.07) is 15.5. The van der Waals surface area contributed by atoms with Crippen molar-refractivity contribution < 1.29 is 28.5 Å². The van der Waals surface area contributed by atoms with Crippen LogP contribution in [0.3, 0.4) is 0 Å². The first-order valence-electron chi connectivity index (χ1n) is 11.4. The lowest BCUT2D eigenvalue weighted by Crippen LogP contribution is -2.45. The van der Waals surface area contributed by atoms with Crippen LogP contribution < -0.4 is 14.8 Å². The number of methoxy groups -OCH3 is 1. The van der Waals surface area contributed by atoms with Crippen molar-refractivity contribution in [3.8, 4) is 11.5 Å². The van der Waals surface area contributed by atoms with Gasteiger partial charge >= 0.3 is 0 Å². The number of rotatable bonds is 10. The smallest absolute Gasteiger partial charge is 0.231 e. The summed E-state index contributed by atoms with van der Waals surface area (Å²) in [6.45, 7) is 4.66. The molecule has 1 N–H and O–H groups in total. The number of ether oxygens (including phenoxy) is 4. The Labute approximate surface area is 205 Å². The zero-order chi connectivity index (χ0) is 24.8. The van der Waals surface area contributed by atoms with E-state index in [1.165, 1.54) is 7.11 Å². The molecule has 1 heterocycles. The van der Waals surface area contributed by atoms with Gasteiger partial charge in [0.1, 0.15) is 12.5 Å². The number of carbonyl (C=O) groups excluding carboxylic acids is 2. The van der Waals surface area contributed by atoms with Gasteiger partial charge in [0.25, 0.3) is 0 Å². The summed E-state index contributed by atoms with van der Waals surface area (Å²) >= 11 is 0. The molecule has 0 saturated carbocycles. The number of hydrogen-bond donors (Lipinski definition) is 1. The molecule has 0 spiro atoms. The number of Topliss-reactive ketones (excluding diaryl/α,β-unsaturated/α-hetero) is 1. The molecule has 2 aromatic carbocycles. The van der Waals surface area contributed by atoms with Crippen LogP contribution in [-0.4, -0.2) is 37.7 Å². The number of nitrogens with one attached hydrogen (secondary N) is 1. The summed E-state index contributed by atoms with van der Waals surface area (Å²) in [7, 11) is 1.45. The first kappa shape index (κ1) is 24.3. The molecule has 7 heteroatoms. The zero-order valence-corrected chi connectivity index (χ0v) is 20.1. The summed E-state index contributed by atoms with van der Waals surface area (Å²) in [5.74, 6) is 3.08. The van der Waals surface area contributed by atoms with E-state index in [4.69, 9.17) is 18.9 Å². The Kier molecular flexibility index (Phi) is 7.39. The van der Waals surface area contributed by atoms with Crippen molar-refractivity contribution in [3.63, 3.8) is 0 Å². The molecular weight excluding hydrogens is 446 g/mol. The van der Waals surface area contributed by atoms with Crippen LogP contribution in [0.1, 0.15) is 25.0 Å². The number of carbonyl (C=O) groups is 1. The van der Waals surface area contributed by atoms with Gasteiger partial charge in [0, 0.05) is 5.54 Å². The highest BCUT2D eigenvalue weighted by atomic mass is 16.7. The molecule has 1 atom stereocenters. The van der Waals surface area contributed by atoms with Crippen LogP contribution in [0.2, 0.25) is 0 Å². The number of hydrogen-bond acceptors (Lipinski definition) is 7. The normalized spacial score (nSPS) is 16.8. The van der Waals surface area contributed by atoms with Gasteiger partial charge in [0.15, 0.2) is 28.8 Å². The van der Waals surface area contributed by atoms with Gasteiger partial charge in [0.2, 0.25) is 6.79 Å². The van der Waals surface area contributed by atoms with Gasteiger partial charge in [-0.2, -0.15) is 0 Å². The van der Waals surface area contributed by atoms with Crippen molar-refractivity contribution in [3.05, 3.63) is 88.9 Å². The summed E-state index contributed by atoms with van der Waals surface area (Å²) in [5, 5.41) is 3.32. The van der Waals surface area contributed by atoms with E-state index < -0.39 is 5.92 Å². The molecule has 0 aromatic heterocycles. The minimum atomic E-state index is -0.764. The third-order valence-electron chi connectivity index (χ3n) is 5.94. The number of benzene rings is 2. The molecule has 4 rings (SSSR count). The molecule has 0 fully saturated rings. The molecule has 35 heavy (non-hydrogen) atoms. The van der Waals surface area contributed by atoms with E-state index in [9.17, 15) is 9.59 Å².